The van der Waals surface area contributed by atoms with Crippen LogP contribution in [0, 0.1) is 6.92 Å². The first-order valence-corrected chi connectivity index (χ1v) is 12.6. The third kappa shape index (κ3) is 5.40. The number of benzene rings is 2. The fourth-order valence-corrected chi connectivity index (χ4v) is 4.70. The first-order chi connectivity index (χ1) is 15.7. The lowest BCUT2D eigenvalue weighted by molar-refractivity contribution is -0.117. The monoisotopic (exact) mass is 482 g/mol. The lowest BCUT2D eigenvalue weighted by atomic mass is 10.2. The number of anilines is 1. The Morgan fingerprint density at radius 1 is 1.06 bits per heavy atom. The predicted molar refractivity (Wildman–Crippen MR) is 131 cm³/mol. The molecule has 9 heteroatoms. The van der Waals surface area contributed by atoms with Crippen LogP contribution in [0.1, 0.15) is 18.5 Å². The van der Waals surface area contributed by atoms with Gasteiger partial charge in [-0.3, -0.25) is 14.5 Å². The largest absolute Gasteiger partial charge is 0.273 e. The molecule has 0 bridgehead atoms. The number of nitrogens with zero attached hydrogens (tertiary/aromatic N) is 4. The van der Waals surface area contributed by atoms with Gasteiger partial charge in [-0.1, -0.05) is 29.8 Å². The van der Waals surface area contributed by atoms with Gasteiger partial charge in [0.25, 0.3) is 0 Å². The van der Waals surface area contributed by atoms with E-state index in [0.717, 1.165) is 38.4 Å². The van der Waals surface area contributed by atoms with E-state index < -0.39 is 15.9 Å². The Hall–Kier alpha value is -3.23. The van der Waals surface area contributed by atoms with Crippen molar-refractivity contribution in [3.63, 3.8) is 0 Å². The van der Waals surface area contributed by atoms with E-state index in [-0.39, 0.29) is 6.42 Å². The first kappa shape index (κ1) is 22.9. The number of sulfonamides is 1. The lowest BCUT2D eigenvalue weighted by Crippen LogP contribution is -2.36. The topological polar surface area (TPSA) is 85.2 Å². The second-order valence-corrected chi connectivity index (χ2v) is 10.1. The summed E-state index contributed by atoms with van der Waals surface area (Å²) in [5.74, 6) is -0.484. The van der Waals surface area contributed by atoms with E-state index in [1.165, 1.54) is 0 Å². The molecular formula is C24H23ClN4O3S. The molecule has 0 aliphatic rings. The minimum atomic E-state index is -3.79. The maximum absolute atomic E-state index is 12.9. The van der Waals surface area contributed by atoms with Crippen LogP contribution >= 0.6 is 11.6 Å². The fraction of sp³-hybridized carbons (Fsp3) is 0.208. The molecule has 0 aliphatic heterocycles. The molecule has 0 N–H and O–H groups in total. The summed E-state index contributed by atoms with van der Waals surface area (Å²) in [5.41, 5.74) is 3.66. The van der Waals surface area contributed by atoms with Gasteiger partial charge >= 0.3 is 0 Å². The second-order valence-electron chi connectivity index (χ2n) is 7.83. The van der Waals surface area contributed by atoms with Gasteiger partial charge in [0.15, 0.2) is 0 Å². The van der Waals surface area contributed by atoms with Crippen molar-refractivity contribution in [1.29, 1.82) is 0 Å². The molecular weight excluding hydrogens is 460 g/mol. The van der Waals surface area contributed by atoms with E-state index in [4.69, 9.17) is 11.6 Å². The molecule has 0 fully saturated rings. The van der Waals surface area contributed by atoms with Crippen molar-refractivity contribution in [1.82, 2.24) is 14.8 Å². The number of hydrogen-bond acceptors (Lipinski definition) is 5. The van der Waals surface area contributed by atoms with Crippen LogP contribution in [-0.2, 0) is 21.4 Å². The minimum absolute atomic E-state index is 0.0629. The smallest absolute Gasteiger partial charge is 0.240 e. The van der Waals surface area contributed by atoms with Crippen LogP contribution in [0.25, 0.3) is 22.2 Å². The first-order valence-electron chi connectivity index (χ1n) is 10.4. The van der Waals surface area contributed by atoms with Crippen LogP contribution < -0.4 is 4.31 Å². The zero-order chi connectivity index (χ0) is 23.6. The van der Waals surface area contributed by atoms with Crippen molar-refractivity contribution in [2.75, 3.05) is 10.6 Å². The molecule has 2 heterocycles. The summed E-state index contributed by atoms with van der Waals surface area (Å²) in [6.07, 6.45) is 3.38. The zero-order valence-corrected chi connectivity index (χ0v) is 19.8. The van der Waals surface area contributed by atoms with Crippen LogP contribution in [0.2, 0.25) is 5.02 Å². The fourth-order valence-electron chi connectivity index (χ4n) is 3.62. The average Bonchev–Trinajstić information content (AvgIpc) is 3.22. The third-order valence-corrected chi connectivity index (χ3v) is 6.49. The molecule has 33 heavy (non-hydrogen) atoms. The van der Waals surface area contributed by atoms with E-state index in [1.54, 1.807) is 35.0 Å². The molecule has 2 aromatic carbocycles. The highest BCUT2D eigenvalue weighted by Gasteiger charge is 2.25. The number of amides is 1. The molecule has 0 saturated carbocycles. The summed E-state index contributed by atoms with van der Waals surface area (Å²) in [5, 5.41) is 5.95. The molecule has 0 saturated heterocycles. The summed E-state index contributed by atoms with van der Waals surface area (Å²) in [4.78, 5) is 17.3. The predicted octanol–water partition coefficient (Wildman–Crippen LogP) is 4.83. The van der Waals surface area contributed by atoms with Crippen LogP contribution in [0.5, 0.6) is 0 Å². The molecule has 170 valence electrons. The number of aromatic nitrogens is 3. The number of pyridine rings is 1. The van der Waals surface area contributed by atoms with E-state index in [9.17, 15) is 13.2 Å². The van der Waals surface area contributed by atoms with Gasteiger partial charge in [-0.2, -0.15) is 5.10 Å². The van der Waals surface area contributed by atoms with E-state index in [1.807, 2.05) is 43.5 Å². The van der Waals surface area contributed by atoms with Gasteiger partial charge in [0, 0.05) is 40.8 Å². The molecule has 1 amide bonds. The Labute approximate surface area is 197 Å². The van der Waals surface area contributed by atoms with Gasteiger partial charge in [0.2, 0.25) is 15.9 Å². The van der Waals surface area contributed by atoms with Crippen LogP contribution in [0.4, 0.5) is 5.69 Å². The number of fused-ring (bicyclic) bond motifs is 1. The maximum Gasteiger partial charge on any atom is 0.240 e. The van der Waals surface area contributed by atoms with Crippen LogP contribution in [0.15, 0.2) is 66.9 Å². The number of halogens is 1. The molecule has 0 spiro atoms. The van der Waals surface area contributed by atoms with Crippen LogP contribution in [0.3, 0.4) is 0 Å². The summed E-state index contributed by atoms with van der Waals surface area (Å²) >= 11 is 5.93. The van der Waals surface area contributed by atoms with Crippen molar-refractivity contribution in [2.24, 2.45) is 0 Å². The van der Waals surface area contributed by atoms with Gasteiger partial charge < -0.3 is 0 Å². The van der Waals surface area contributed by atoms with Crippen molar-refractivity contribution < 1.29 is 13.2 Å². The van der Waals surface area contributed by atoms with E-state index in [0.29, 0.717) is 23.7 Å². The maximum atomic E-state index is 12.9. The summed E-state index contributed by atoms with van der Waals surface area (Å²) in [7, 11) is -3.79. The van der Waals surface area contributed by atoms with Crippen LogP contribution in [-0.4, -0.2) is 35.3 Å². The van der Waals surface area contributed by atoms with Gasteiger partial charge in [-0.05, 0) is 55.8 Å². The summed E-state index contributed by atoms with van der Waals surface area (Å²) in [6, 6.07) is 18.0. The zero-order valence-electron chi connectivity index (χ0n) is 18.3. The van der Waals surface area contributed by atoms with E-state index >= 15 is 0 Å². The SMILES string of the molecule is Cc1ccc2cc(N(C(=O)CCCn3ccc(-c4ccc(Cl)cc4)n3)S(C)(=O)=O)ccc2n1. The highest BCUT2D eigenvalue weighted by molar-refractivity contribution is 7.92. The van der Waals surface area contributed by atoms with Crippen molar-refractivity contribution in [2.45, 2.75) is 26.3 Å². The molecule has 7 nitrogen and oxygen atoms in total. The Bertz CT molecular complexity index is 1420. The van der Waals surface area contributed by atoms with Crippen molar-refractivity contribution >= 4 is 44.1 Å². The Morgan fingerprint density at radius 3 is 2.55 bits per heavy atom. The molecule has 0 radical (unpaired) electrons. The normalized spacial score (nSPS) is 11.6. The van der Waals surface area contributed by atoms with Gasteiger partial charge in [-0.25, -0.2) is 12.7 Å². The highest BCUT2D eigenvalue weighted by atomic mass is 35.5. The highest BCUT2D eigenvalue weighted by Crippen LogP contribution is 2.25. The molecule has 4 aromatic rings. The Morgan fingerprint density at radius 2 is 1.82 bits per heavy atom. The number of hydrogen-bond donors (Lipinski definition) is 0. The van der Waals surface area contributed by atoms with Gasteiger partial charge in [0.05, 0.1) is 23.2 Å². The quantitative estimate of drug-likeness (QED) is 0.376. The standard InChI is InChI=1S/C24H23ClN4O3S/c1-17-5-6-19-16-21(11-12-22(19)26-17)29(33(2,31)32)24(30)4-3-14-28-15-13-23(27-28)18-7-9-20(25)10-8-18/h5-13,15-16H,3-4,14H2,1-2H3. The second kappa shape index (κ2) is 9.33. The van der Waals surface area contributed by atoms with Gasteiger partial charge in [0.1, 0.15) is 0 Å². The third-order valence-electron chi connectivity index (χ3n) is 5.16. The lowest BCUT2D eigenvalue weighted by Gasteiger charge is -2.21. The molecule has 2 aromatic heterocycles. The molecule has 0 aliphatic carbocycles. The average molecular weight is 483 g/mol. The number of carbonyl (C=O) groups is 1. The number of carbonyl (C=O) groups excluding carboxylic acids is 1. The van der Waals surface area contributed by atoms with Gasteiger partial charge in [-0.15, -0.1) is 0 Å². The Balaban J connectivity index is 1.45. The summed E-state index contributed by atoms with van der Waals surface area (Å²) < 4.78 is 27.5. The number of aryl methyl sites for hydroxylation is 2. The summed E-state index contributed by atoms with van der Waals surface area (Å²) in [6.45, 7) is 2.37. The molecule has 4 rings (SSSR count). The van der Waals surface area contributed by atoms with Crippen molar-refractivity contribution in [3.8, 4) is 11.3 Å². The number of rotatable bonds is 7. The minimum Gasteiger partial charge on any atom is -0.273 e. The van der Waals surface area contributed by atoms with E-state index in [2.05, 4.69) is 10.1 Å². The molecule has 0 unspecified atom stereocenters. The van der Waals surface area contributed by atoms with Crippen molar-refractivity contribution in [3.05, 3.63) is 77.6 Å². The molecule has 0 atom stereocenters. The Kier molecular flexibility index (Phi) is 6.49.